The van der Waals surface area contributed by atoms with Crippen LogP contribution >= 0.6 is 0 Å². The highest BCUT2D eigenvalue weighted by Crippen LogP contribution is 2.27. The Hall–Kier alpha value is -6.86. The number of nitrogens with zero attached hydrogens (tertiary/aromatic N) is 7. The number of nitrogens with one attached hydrogen (secondary N) is 5. The number of allylic oxidation sites excluding steroid dienone is 2. The molecule has 0 aromatic heterocycles. The highest BCUT2D eigenvalue weighted by Gasteiger charge is 2.46. The zero-order valence-electron chi connectivity index (χ0n) is 62.3. The summed E-state index contributed by atoms with van der Waals surface area (Å²) in [6, 6.07) is -13.2. The summed E-state index contributed by atoms with van der Waals surface area (Å²) < 4.78 is 5.87. The standard InChI is InChI=1S/C69H124N12O14/c1-26-29-31-32-34-70-68(94)95-69(17,18)38-52-60(86)74-54(43(10)11)66(92)77(21)49(35-40(4)5)59(85)71-46(15)58(84)72-47(16)62(88)78(22)50(36-41(6)7)64(90)79(23)51(37-42(8)9)65(91)80(24)55(44(12)13)67(93)81(25)56(57(83)45(14)33-30-27-2)61(87)73-48(28-3)63(89)75(19)39-53(82)76(52)20/h27,30,40-52,54-57,83H,26,28-29,31-39H2,1-25H3,(H,70,94)(H,71,85)(H,72,84)(H,73,87)(H,74,86)/b30-27+/t45?,46-,47+,48-,49-,50-,51-,52-,54-,55-,56-,57?/m0/s1. The summed E-state index contributed by atoms with van der Waals surface area (Å²) in [5.74, 6) is -10.5. The highest BCUT2D eigenvalue weighted by molar-refractivity contribution is 5.99. The second-order valence-corrected chi connectivity index (χ2v) is 28.8. The summed E-state index contributed by atoms with van der Waals surface area (Å²) >= 11 is 0. The molecule has 1 aliphatic rings. The number of carbonyl (C=O) groups excluding carboxylic acids is 12. The van der Waals surface area contributed by atoms with Crippen LogP contribution in [0, 0.1) is 35.5 Å². The molecule has 1 rings (SSSR count). The maximum absolute atomic E-state index is 15.2. The number of hydrogen-bond acceptors (Lipinski definition) is 14. The predicted molar refractivity (Wildman–Crippen MR) is 366 cm³/mol. The van der Waals surface area contributed by atoms with Gasteiger partial charge in [0.1, 0.15) is 66.0 Å². The van der Waals surface area contributed by atoms with Crippen LogP contribution in [0.25, 0.3) is 0 Å². The first-order valence-electron chi connectivity index (χ1n) is 34.3. The van der Waals surface area contributed by atoms with Crippen molar-refractivity contribution in [2.24, 2.45) is 35.5 Å². The molecule has 0 bridgehead atoms. The Labute approximate surface area is 568 Å². The molecule has 0 aromatic rings. The van der Waals surface area contributed by atoms with Crippen molar-refractivity contribution in [1.29, 1.82) is 0 Å². The van der Waals surface area contributed by atoms with Crippen molar-refractivity contribution in [3.8, 4) is 0 Å². The third-order valence-corrected chi connectivity index (χ3v) is 17.7. The lowest BCUT2D eigenvalue weighted by molar-refractivity contribution is -0.157. The van der Waals surface area contributed by atoms with Crippen molar-refractivity contribution in [1.82, 2.24) is 60.9 Å². The van der Waals surface area contributed by atoms with Gasteiger partial charge >= 0.3 is 6.09 Å². The van der Waals surface area contributed by atoms with Crippen LogP contribution in [0.5, 0.6) is 0 Å². The number of aliphatic hydroxyl groups excluding tert-OH is 1. The molecule has 12 atom stereocenters. The minimum atomic E-state index is -1.66. The van der Waals surface area contributed by atoms with Crippen LogP contribution < -0.4 is 26.6 Å². The van der Waals surface area contributed by atoms with Crippen molar-refractivity contribution in [2.75, 3.05) is 62.4 Å². The minimum Gasteiger partial charge on any atom is -0.443 e. The third kappa shape index (κ3) is 25.9. The second-order valence-electron chi connectivity index (χ2n) is 28.8. The molecule has 0 aliphatic carbocycles. The van der Waals surface area contributed by atoms with Gasteiger partial charge in [0.2, 0.25) is 65.0 Å². The molecule has 2 unspecified atom stereocenters. The van der Waals surface area contributed by atoms with E-state index in [1.165, 1.54) is 82.8 Å². The van der Waals surface area contributed by atoms with Crippen molar-refractivity contribution in [3.63, 3.8) is 0 Å². The molecule has 0 spiro atoms. The van der Waals surface area contributed by atoms with Gasteiger partial charge in [-0.05, 0) is 109 Å². The van der Waals surface area contributed by atoms with Gasteiger partial charge in [-0.1, -0.05) is 121 Å². The molecule has 12 amide bonds. The summed E-state index contributed by atoms with van der Waals surface area (Å²) in [6.45, 7) is 30.7. The molecule has 1 saturated heterocycles. The number of alkyl carbamates (subject to hydrolysis) is 1. The van der Waals surface area contributed by atoms with Gasteiger partial charge in [-0.3, -0.25) is 52.7 Å². The van der Waals surface area contributed by atoms with E-state index in [4.69, 9.17) is 4.74 Å². The molecule has 0 saturated carbocycles. The average Bonchev–Trinajstić information content (AvgIpc) is 0.816. The molecule has 6 N–H and O–H groups in total. The largest absolute Gasteiger partial charge is 0.443 e. The number of ether oxygens (including phenoxy) is 1. The Bertz CT molecular complexity index is 2610. The van der Waals surface area contributed by atoms with Gasteiger partial charge < -0.3 is 70.7 Å². The van der Waals surface area contributed by atoms with Gasteiger partial charge in [0.25, 0.3) is 0 Å². The molecule has 1 heterocycles. The molecule has 544 valence electrons. The van der Waals surface area contributed by atoms with Crippen LogP contribution in [-0.4, -0.2) is 245 Å². The Balaban J connectivity index is 4.42. The van der Waals surface area contributed by atoms with E-state index in [2.05, 4.69) is 33.5 Å². The Morgan fingerprint density at radius 3 is 1.54 bits per heavy atom. The summed E-state index contributed by atoms with van der Waals surface area (Å²) in [5, 5.41) is 25.9. The zero-order valence-corrected chi connectivity index (χ0v) is 62.3. The lowest BCUT2D eigenvalue weighted by atomic mass is 9.91. The summed E-state index contributed by atoms with van der Waals surface area (Å²) in [6.07, 6.45) is 5.09. The molecule has 95 heavy (non-hydrogen) atoms. The number of rotatable bonds is 21. The fraction of sp³-hybridized carbons (Fsp3) is 0.797. The number of hydrogen-bond donors (Lipinski definition) is 6. The fourth-order valence-electron chi connectivity index (χ4n) is 11.7. The van der Waals surface area contributed by atoms with Crippen LogP contribution in [0.2, 0.25) is 0 Å². The first-order chi connectivity index (χ1) is 44.0. The predicted octanol–water partition coefficient (Wildman–Crippen LogP) is 4.70. The molecular weight excluding hydrogens is 1220 g/mol. The zero-order chi connectivity index (χ0) is 73.4. The fourth-order valence-corrected chi connectivity index (χ4v) is 11.7. The number of likely N-dealkylation sites (N-methyl/N-ethyl adjacent to an activating group) is 7. The summed E-state index contributed by atoms with van der Waals surface area (Å²) in [5.41, 5.74) is -1.45. The van der Waals surface area contributed by atoms with Crippen molar-refractivity contribution < 1.29 is 67.4 Å². The Morgan fingerprint density at radius 2 is 1.04 bits per heavy atom. The van der Waals surface area contributed by atoms with E-state index in [-0.39, 0.29) is 56.3 Å². The smallest absolute Gasteiger partial charge is 0.407 e. The highest BCUT2D eigenvalue weighted by atomic mass is 16.6. The quantitative estimate of drug-likeness (QED) is 0.0671. The molecule has 1 aliphatic heterocycles. The first kappa shape index (κ1) is 86.2. The normalized spacial score (nSPS) is 25.3. The number of unbranched alkanes of at least 4 members (excludes halogenated alkanes) is 3. The molecule has 26 heteroatoms. The minimum absolute atomic E-state index is 0.0338. The van der Waals surface area contributed by atoms with E-state index < -0.39 is 167 Å². The maximum atomic E-state index is 15.2. The van der Waals surface area contributed by atoms with Crippen LogP contribution in [0.4, 0.5) is 4.79 Å². The average molecular weight is 1350 g/mol. The van der Waals surface area contributed by atoms with E-state index in [1.54, 1.807) is 74.5 Å². The summed E-state index contributed by atoms with van der Waals surface area (Å²) in [7, 11) is 9.69. The van der Waals surface area contributed by atoms with Crippen molar-refractivity contribution >= 4 is 71.1 Å². The maximum Gasteiger partial charge on any atom is 0.407 e. The lowest BCUT2D eigenvalue weighted by Crippen LogP contribution is -2.63. The number of carbonyl (C=O) groups is 12. The van der Waals surface area contributed by atoms with E-state index in [1.807, 2.05) is 41.5 Å². The molecular formula is C69H124N12O14. The van der Waals surface area contributed by atoms with Gasteiger partial charge in [-0.25, -0.2) is 4.79 Å². The van der Waals surface area contributed by atoms with Crippen molar-refractivity contribution in [2.45, 2.75) is 261 Å². The first-order valence-corrected chi connectivity index (χ1v) is 34.3. The third-order valence-electron chi connectivity index (χ3n) is 17.7. The van der Waals surface area contributed by atoms with Gasteiger partial charge in [-0.15, -0.1) is 0 Å². The Morgan fingerprint density at radius 1 is 0.558 bits per heavy atom. The van der Waals surface area contributed by atoms with Crippen LogP contribution in [0.1, 0.15) is 189 Å². The number of aliphatic hydroxyl groups is 1. The van der Waals surface area contributed by atoms with Gasteiger partial charge in [-0.2, -0.15) is 0 Å². The van der Waals surface area contributed by atoms with Gasteiger partial charge in [0, 0.05) is 62.3 Å². The Kier molecular flexibility index (Phi) is 36.3. The lowest BCUT2D eigenvalue weighted by Gasteiger charge is -2.41. The van der Waals surface area contributed by atoms with E-state index in [9.17, 15) is 43.5 Å². The molecule has 0 radical (unpaired) electrons. The van der Waals surface area contributed by atoms with Gasteiger partial charge in [0.05, 0.1) is 12.6 Å². The van der Waals surface area contributed by atoms with E-state index in [0.717, 1.165) is 34.0 Å². The van der Waals surface area contributed by atoms with E-state index in [0.29, 0.717) is 13.0 Å². The monoisotopic (exact) mass is 1340 g/mol. The summed E-state index contributed by atoms with van der Waals surface area (Å²) in [4.78, 5) is 184. The SMILES string of the molecule is C/C=C/CC(C)C(O)[C@H]1C(=O)N[C@@H](CC)C(=O)N(C)CC(=O)N(C)[C@@H](CC(C)(C)OC(=O)NCCCCCC)C(=O)N[C@@H](C(C)C)C(=O)N(C)[C@@H](CC(C)C)C(=O)N[C@@H](C)C(=O)N[C@H](C)C(=O)N(C)[C@@H](CC(C)C)C(=O)N(C)[C@@H](CC(C)C)C(=O)N(C)[C@@H](C(C)C)C(=O)N1C. The van der Waals surface area contributed by atoms with Crippen molar-refractivity contribution in [3.05, 3.63) is 12.2 Å². The molecule has 26 nitrogen and oxygen atoms in total. The number of amides is 12. The van der Waals surface area contributed by atoms with Crippen LogP contribution in [0.3, 0.4) is 0 Å². The molecule has 0 aromatic carbocycles. The van der Waals surface area contributed by atoms with Crippen LogP contribution in [0.15, 0.2) is 12.2 Å². The van der Waals surface area contributed by atoms with Crippen LogP contribution in [-0.2, 0) is 57.5 Å². The van der Waals surface area contributed by atoms with E-state index >= 15 is 19.2 Å². The topological polar surface area (TPSA) is 317 Å². The molecule has 1 fully saturated rings. The van der Waals surface area contributed by atoms with Gasteiger partial charge in [0.15, 0.2) is 0 Å². The second kappa shape index (κ2) is 40.0.